The topological polar surface area (TPSA) is 32.6 Å². The van der Waals surface area contributed by atoms with Gasteiger partial charge < -0.3 is 10.2 Å². The SMILES string of the molecule is CCCCN1C[NH+](Cc2cccnc2)CNC1=S. The molecule has 1 aromatic rings. The molecule has 98 valence electrons. The Bertz CT molecular complexity index is 382. The second-order valence-corrected chi connectivity index (χ2v) is 5.11. The number of thiocarbonyl (C=S) groups is 1. The molecule has 1 fully saturated rings. The maximum Gasteiger partial charge on any atom is 0.177 e. The van der Waals surface area contributed by atoms with Gasteiger partial charge in [-0.3, -0.25) is 9.88 Å². The molecule has 0 spiro atoms. The fraction of sp³-hybridized carbons (Fsp3) is 0.538. The number of nitrogens with one attached hydrogen (secondary N) is 2. The summed E-state index contributed by atoms with van der Waals surface area (Å²) in [4.78, 5) is 7.91. The average Bonchev–Trinajstić information content (AvgIpc) is 2.40. The van der Waals surface area contributed by atoms with E-state index in [1.165, 1.54) is 23.3 Å². The lowest BCUT2D eigenvalue weighted by Crippen LogP contribution is -3.16. The first-order chi connectivity index (χ1) is 8.79. The van der Waals surface area contributed by atoms with Crippen LogP contribution in [0.1, 0.15) is 25.3 Å². The van der Waals surface area contributed by atoms with Gasteiger partial charge in [-0.1, -0.05) is 19.4 Å². The number of unbranched alkanes of at least 4 members (excludes halogenated alkanes) is 1. The summed E-state index contributed by atoms with van der Waals surface area (Å²) in [6, 6.07) is 4.12. The molecule has 0 bridgehead atoms. The van der Waals surface area contributed by atoms with Crippen LogP contribution in [0.25, 0.3) is 0 Å². The van der Waals surface area contributed by atoms with Gasteiger partial charge in [-0.05, 0) is 24.7 Å². The van der Waals surface area contributed by atoms with Gasteiger partial charge in [-0.2, -0.15) is 0 Å². The standard InChI is InChI=1S/C13H20N4S/c1-2-3-7-17-11-16(10-15-13(17)18)9-12-5-4-6-14-8-12/h4-6,8H,2-3,7,9-11H2,1H3,(H,15,18)/p+1. The van der Waals surface area contributed by atoms with Crippen molar-refractivity contribution < 1.29 is 4.90 Å². The van der Waals surface area contributed by atoms with E-state index in [0.29, 0.717) is 0 Å². The maximum absolute atomic E-state index is 5.35. The van der Waals surface area contributed by atoms with Crippen LogP contribution in [-0.4, -0.2) is 34.9 Å². The monoisotopic (exact) mass is 265 g/mol. The number of nitrogens with zero attached hydrogens (tertiary/aromatic N) is 2. The Balaban J connectivity index is 1.89. The van der Waals surface area contributed by atoms with Crippen LogP contribution in [0, 0.1) is 0 Å². The summed E-state index contributed by atoms with van der Waals surface area (Å²) < 4.78 is 0. The Morgan fingerprint density at radius 2 is 2.44 bits per heavy atom. The number of rotatable bonds is 5. The molecule has 2 heterocycles. The van der Waals surface area contributed by atoms with E-state index in [-0.39, 0.29) is 0 Å². The fourth-order valence-electron chi connectivity index (χ4n) is 2.15. The van der Waals surface area contributed by atoms with Gasteiger partial charge in [0.25, 0.3) is 0 Å². The van der Waals surface area contributed by atoms with E-state index in [1.807, 2.05) is 18.5 Å². The average molecular weight is 265 g/mol. The third-order valence-corrected chi connectivity index (χ3v) is 3.55. The Morgan fingerprint density at radius 3 is 3.17 bits per heavy atom. The van der Waals surface area contributed by atoms with Crippen LogP contribution in [0.4, 0.5) is 0 Å². The van der Waals surface area contributed by atoms with Gasteiger partial charge in [-0.25, -0.2) is 0 Å². The van der Waals surface area contributed by atoms with E-state index in [2.05, 4.69) is 28.2 Å². The molecule has 1 aliphatic heterocycles. The van der Waals surface area contributed by atoms with Crippen molar-refractivity contribution in [2.24, 2.45) is 0 Å². The molecule has 1 unspecified atom stereocenters. The highest BCUT2D eigenvalue weighted by Gasteiger charge is 2.22. The number of hydrogen-bond acceptors (Lipinski definition) is 2. The minimum atomic E-state index is 0.899. The summed E-state index contributed by atoms with van der Waals surface area (Å²) >= 11 is 5.35. The van der Waals surface area contributed by atoms with Crippen molar-refractivity contribution in [1.82, 2.24) is 15.2 Å². The van der Waals surface area contributed by atoms with Crippen LogP contribution >= 0.6 is 12.2 Å². The van der Waals surface area contributed by atoms with Gasteiger partial charge in [-0.15, -0.1) is 0 Å². The smallest absolute Gasteiger partial charge is 0.177 e. The molecule has 0 aliphatic carbocycles. The number of hydrogen-bond donors (Lipinski definition) is 2. The highest BCUT2D eigenvalue weighted by atomic mass is 32.1. The van der Waals surface area contributed by atoms with Crippen LogP contribution in [-0.2, 0) is 6.54 Å². The van der Waals surface area contributed by atoms with Gasteiger partial charge in [0.1, 0.15) is 6.54 Å². The molecule has 2 rings (SSSR count). The Hall–Kier alpha value is -1.20. The third kappa shape index (κ3) is 3.65. The largest absolute Gasteiger partial charge is 0.316 e. The first-order valence-corrected chi connectivity index (χ1v) is 6.95. The Kier molecular flexibility index (Phi) is 4.90. The maximum atomic E-state index is 5.35. The molecule has 2 N–H and O–H groups in total. The lowest BCUT2D eigenvalue weighted by atomic mass is 10.2. The van der Waals surface area contributed by atoms with E-state index in [4.69, 9.17) is 12.2 Å². The fourth-order valence-corrected chi connectivity index (χ4v) is 2.38. The molecule has 0 amide bonds. The molecular formula is C13H21N4S+. The first-order valence-electron chi connectivity index (χ1n) is 6.55. The summed E-state index contributed by atoms with van der Waals surface area (Å²) in [7, 11) is 0. The van der Waals surface area contributed by atoms with Gasteiger partial charge in [0, 0.05) is 24.5 Å². The van der Waals surface area contributed by atoms with Crippen LogP contribution in [0.3, 0.4) is 0 Å². The predicted octanol–water partition coefficient (Wildman–Crippen LogP) is 0.372. The molecule has 18 heavy (non-hydrogen) atoms. The van der Waals surface area contributed by atoms with Gasteiger partial charge >= 0.3 is 0 Å². The molecule has 0 saturated carbocycles. The van der Waals surface area contributed by atoms with E-state index >= 15 is 0 Å². The zero-order valence-electron chi connectivity index (χ0n) is 10.9. The molecule has 1 saturated heterocycles. The lowest BCUT2D eigenvalue weighted by Gasteiger charge is -2.35. The number of pyridine rings is 1. The second kappa shape index (κ2) is 6.66. The molecule has 0 aromatic carbocycles. The van der Waals surface area contributed by atoms with Gasteiger partial charge in [0.05, 0.1) is 0 Å². The van der Waals surface area contributed by atoms with Crippen LogP contribution < -0.4 is 10.2 Å². The van der Waals surface area contributed by atoms with E-state index < -0.39 is 0 Å². The van der Waals surface area contributed by atoms with Crippen molar-refractivity contribution in [2.75, 3.05) is 19.9 Å². The van der Waals surface area contributed by atoms with Crippen molar-refractivity contribution >= 4 is 17.3 Å². The van der Waals surface area contributed by atoms with Gasteiger partial charge in [0.2, 0.25) is 0 Å². The summed E-state index contributed by atoms with van der Waals surface area (Å²) in [5, 5.41) is 4.21. The molecule has 1 aromatic heterocycles. The normalized spacial score (nSPS) is 19.7. The summed E-state index contributed by atoms with van der Waals surface area (Å²) in [5.41, 5.74) is 1.28. The van der Waals surface area contributed by atoms with Gasteiger partial charge in [0.15, 0.2) is 18.4 Å². The minimum absolute atomic E-state index is 0.899. The van der Waals surface area contributed by atoms with Crippen molar-refractivity contribution in [2.45, 2.75) is 26.3 Å². The lowest BCUT2D eigenvalue weighted by molar-refractivity contribution is -0.927. The summed E-state index contributed by atoms with van der Waals surface area (Å²) in [6.07, 6.45) is 6.16. The zero-order chi connectivity index (χ0) is 12.8. The van der Waals surface area contributed by atoms with E-state index in [9.17, 15) is 0 Å². The van der Waals surface area contributed by atoms with E-state index in [1.54, 1.807) is 0 Å². The molecule has 5 heteroatoms. The predicted molar refractivity (Wildman–Crippen MR) is 76.0 cm³/mol. The minimum Gasteiger partial charge on any atom is -0.316 e. The van der Waals surface area contributed by atoms with Crippen LogP contribution in [0.2, 0.25) is 0 Å². The van der Waals surface area contributed by atoms with Crippen molar-refractivity contribution in [3.05, 3.63) is 30.1 Å². The zero-order valence-corrected chi connectivity index (χ0v) is 11.7. The molecule has 4 nitrogen and oxygen atoms in total. The quantitative estimate of drug-likeness (QED) is 0.754. The number of aromatic nitrogens is 1. The van der Waals surface area contributed by atoms with Crippen LogP contribution in [0.5, 0.6) is 0 Å². The molecular weight excluding hydrogens is 244 g/mol. The highest BCUT2D eigenvalue weighted by Crippen LogP contribution is 1.97. The molecule has 0 radical (unpaired) electrons. The Morgan fingerprint density at radius 1 is 1.56 bits per heavy atom. The Labute approximate surface area is 114 Å². The number of quaternary nitrogens is 1. The molecule has 1 atom stereocenters. The molecule has 1 aliphatic rings. The van der Waals surface area contributed by atoms with Crippen molar-refractivity contribution in [3.8, 4) is 0 Å². The van der Waals surface area contributed by atoms with Crippen LogP contribution in [0.15, 0.2) is 24.5 Å². The first kappa shape index (κ1) is 13.2. The second-order valence-electron chi connectivity index (χ2n) is 4.72. The highest BCUT2D eigenvalue weighted by molar-refractivity contribution is 7.80. The van der Waals surface area contributed by atoms with Crippen molar-refractivity contribution in [1.29, 1.82) is 0 Å². The van der Waals surface area contributed by atoms with E-state index in [0.717, 1.165) is 31.5 Å². The third-order valence-electron chi connectivity index (χ3n) is 3.15. The summed E-state index contributed by atoms with van der Waals surface area (Å²) in [6.45, 7) is 6.14. The van der Waals surface area contributed by atoms with Crippen molar-refractivity contribution in [3.63, 3.8) is 0 Å². The summed E-state index contributed by atoms with van der Waals surface area (Å²) in [5.74, 6) is 0.